The fraction of sp³-hybridized carbons (Fsp3) is 0.600. The number of piperazine rings is 1. The standard InChI is InChI=1S/C15H24FN3O/c1-18-6-7-19(2)14(11-18)9-17-10-15(20)12-4-3-5-13(16)8-12/h3-5,8,14-15,17,20H,6-7,9-11H2,1-2H3. The molecule has 2 unspecified atom stereocenters. The largest absolute Gasteiger partial charge is 0.387 e. The molecule has 20 heavy (non-hydrogen) atoms. The summed E-state index contributed by atoms with van der Waals surface area (Å²) in [5.74, 6) is -0.310. The van der Waals surface area contributed by atoms with E-state index in [9.17, 15) is 9.50 Å². The molecular formula is C15H24FN3O. The van der Waals surface area contributed by atoms with E-state index in [0.29, 0.717) is 18.2 Å². The topological polar surface area (TPSA) is 38.7 Å². The first-order valence-corrected chi connectivity index (χ1v) is 7.09. The molecule has 1 aromatic carbocycles. The Kier molecular flexibility index (Phi) is 5.48. The van der Waals surface area contributed by atoms with Gasteiger partial charge in [0, 0.05) is 38.8 Å². The predicted octanol–water partition coefficient (Wildman–Crippen LogP) is 0.695. The second kappa shape index (κ2) is 7.13. The van der Waals surface area contributed by atoms with Gasteiger partial charge in [0.15, 0.2) is 0 Å². The molecular weight excluding hydrogens is 257 g/mol. The van der Waals surface area contributed by atoms with Gasteiger partial charge in [0.05, 0.1) is 6.10 Å². The summed E-state index contributed by atoms with van der Waals surface area (Å²) in [6, 6.07) is 6.59. The molecule has 0 bridgehead atoms. The minimum Gasteiger partial charge on any atom is -0.387 e. The number of likely N-dealkylation sites (N-methyl/N-ethyl adjacent to an activating group) is 2. The zero-order valence-electron chi connectivity index (χ0n) is 12.2. The van der Waals surface area contributed by atoms with Crippen LogP contribution in [0.2, 0.25) is 0 Å². The number of aliphatic hydroxyl groups excluding tert-OH is 1. The van der Waals surface area contributed by atoms with E-state index in [4.69, 9.17) is 0 Å². The van der Waals surface area contributed by atoms with Crippen molar-refractivity contribution in [3.8, 4) is 0 Å². The molecule has 1 fully saturated rings. The van der Waals surface area contributed by atoms with Crippen molar-refractivity contribution in [3.63, 3.8) is 0 Å². The smallest absolute Gasteiger partial charge is 0.123 e. The molecule has 0 aliphatic carbocycles. The SMILES string of the molecule is CN1CCN(C)C(CNCC(O)c2cccc(F)c2)C1. The van der Waals surface area contributed by atoms with Crippen molar-refractivity contribution in [2.75, 3.05) is 46.8 Å². The number of nitrogens with zero attached hydrogens (tertiary/aromatic N) is 2. The molecule has 1 saturated heterocycles. The highest BCUT2D eigenvalue weighted by Gasteiger charge is 2.21. The summed E-state index contributed by atoms with van der Waals surface area (Å²) in [5, 5.41) is 13.3. The summed E-state index contributed by atoms with van der Waals surface area (Å²) in [4.78, 5) is 4.65. The molecule has 0 spiro atoms. The van der Waals surface area contributed by atoms with Gasteiger partial charge < -0.3 is 15.3 Å². The van der Waals surface area contributed by atoms with Gasteiger partial charge in [0.1, 0.15) is 5.82 Å². The van der Waals surface area contributed by atoms with Crippen molar-refractivity contribution in [1.82, 2.24) is 15.1 Å². The lowest BCUT2D eigenvalue weighted by molar-refractivity contribution is 0.108. The van der Waals surface area contributed by atoms with Crippen LogP contribution < -0.4 is 5.32 Å². The molecule has 1 heterocycles. The van der Waals surface area contributed by atoms with Crippen LogP contribution in [0.5, 0.6) is 0 Å². The van der Waals surface area contributed by atoms with E-state index >= 15 is 0 Å². The van der Waals surface area contributed by atoms with Gasteiger partial charge >= 0.3 is 0 Å². The van der Waals surface area contributed by atoms with E-state index in [-0.39, 0.29) is 5.82 Å². The summed E-state index contributed by atoms with van der Waals surface area (Å²) in [7, 11) is 4.25. The van der Waals surface area contributed by atoms with Crippen LogP contribution in [0.4, 0.5) is 4.39 Å². The van der Waals surface area contributed by atoms with Gasteiger partial charge in [-0.25, -0.2) is 4.39 Å². The van der Waals surface area contributed by atoms with Crippen molar-refractivity contribution >= 4 is 0 Å². The fourth-order valence-electron chi connectivity index (χ4n) is 2.54. The summed E-state index contributed by atoms with van der Waals surface area (Å²) in [6.45, 7) is 4.46. The van der Waals surface area contributed by atoms with Crippen molar-refractivity contribution in [3.05, 3.63) is 35.6 Å². The zero-order chi connectivity index (χ0) is 14.5. The molecule has 2 atom stereocenters. The molecule has 112 valence electrons. The van der Waals surface area contributed by atoms with Gasteiger partial charge in [-0.2, -0.15) is 0 Å². The summed E-state index contributed by atoms with van der Waals surface area (Å²) in [6.07, 6.45) is -0.669. The number of rotatable bonds is 5. The van der Waals surface area contributed by atoms with E-state index in [0.717, 1.165) is 26.2 Å². The maximum Gasteiger partial charge on any atom is 0.123 e. The highest BCUT2D eigenvalue weighted by atomic mass is 19.1. The average Bonchev–Trinajstić information content (AvgIpc) is 2.42. The number of hydrogen-bond donors (Lipinski definition) is 2. The third-order valence-electron chi connectivity index (χ3n) is 3.93. The van der Waals surface area contributed by atoms with Gasteiger partial charge in [0.25, 0.3) is 0 Å². The highest BCUT2D eigenvalue weighted by molar-refractivity contribution is 5.18. The summed E-state index contributed by atoms with van der Waals surface area (Å²) < 4.78 is 13.1. The van der Waals surface area contributed by atoms with Gasteiger partial charge in [0.2, 0.25) is 0 Å². The van der Waals surface area contributed by atoms with Crippen LogP contribution in [0.25, 0.3) is 0 Å². The van der Waals surface area contributed by atoms with Crippen LogP contribution in [0.3, 0.4) is 0 Å². The number of halogens is 1. The Morgan fingerprint density at radius 2 is 2.20 bits per heavy atom. The first-order valence-electron chi connectivity index (χ1n) is 7.09. The lowest BCUT2D eigenvalue weighted by atomic mass is 10.1. The van der Waals surface area contributed by atoms with Crippen LogP contribution in [0.1, 0.15) is 11.7 Å². The molecule has 0 saturated carbocycles. The second-order valence-corrected chi connectivity index (χ2v) is 5.63. The lowest BCUT2D eigenvalue weighted by Gasteiger charge is -2.38. The second-order valence-electron chi connectivity index (χ2n) is 5.63. The van der Waals surface area contributed by atoms with Crippen LogP contribution in [0, 0.1) is 5.82 Å². The maximum absolute atomic E-state index is 13.1. The van der Waals surface area contributed by atoms with E-state index in [1.807, 2.05) is 0 Å². The van der Waals surface area contributed by atoms with Crippen LogP contribution in [-0.4, -0.2) is 67.8 Å². The maximum atomic E-state index is 13.1. The summed E-state index contributed by atoms with van der Waals surface area (Å²) >= 11 is 0. The molecule has 5 heteroatoms. The Morgan fingerprint density at radius 1 is 1.40 bits per heavy atom. The number of benzene rings is 1. The number of hydrogen-bond acceptors (Lipinski definition) is 4. The Balaban J connectivity index is 1.77. The Bertz CT molecular complexity index is 429. The van der Waals surface area contributed by atoms with E-state index in [2.05, 4.69) is 29.2 Å². The normalized spacial score (nSPS) is 22.9. The fourth-order valence-corrected chi connectivity index (χ4v) is 2.54. The Morgan fingerprint density at radius 3 is 2.95 bits per heavy atom. The van der Waals surface area contributed by atoms with Crippen LogP contribution in [0.15, 0.2) is 24.3 Å². The monoisotopic (exact) mass is 281 g/mol. The Labute approximate surface area is 120 Å². The molecule has 2 N–H and O–H groups in total. The zero-order valence-corrected chi connectivity index (χ0v) is 12.2. The van der Waals surface area contributed by atoms with Crippen LogP contribution >= 0.6 is 0 Å². The van der Waals surface area contributed by atoms with E-state index in [1.165, 1.54) is 12.1 Å². The van der Waals surface area contributed by atoms with Crippen molar-refractivity contribution < 1.29 is 9.50 Å². The quantitative estimate of drug-likeness (QED) is 0.833. The minimum atomic E-state index is -0.669. The third-order valence-corrected chi connectivity index (χ3v) is 3.93. The first kappa shape index (κ1) is 15.4. The van der Waals surface area contributed by atoms with E-state index < -0.39 is 6.10 Å². The molecule has 4 nitrogen and oxygen atoms in total. The number of nitrogens with one attached hydrogen (secondary N) is 1. The van der Waals surface area contributed by atoms with Crippen molar-refractivity contribution in [1.29, 1.82) is 0 Å². The molecule has 1 aromatic rings. The first-order chi connectivity index (χ1) is 9.56. The number of aliphatic hydroxyl groups is 1. The molecule has 1 aliphatic heterocycles. The molecule has 0 radical (unpaired) electrons. The van der Waals surface area contributed by atoms with E-state index in [1.54, 1.807) is 12.1 Å². The molecule has 0 aromatic heterocycles. The average molecular weight is 281 g/mol. The van der Waals surface area contributed by atoms with Gasteiger partial charge in [-0.15, -0.1) is 0 Å². The molecule has 0 amide bonds. The highest BCUT2D eigenvalue weighted by Crippen LogP contribution is 2.13. The predicted molar refractivity (Wildman–Crippen MR) is 78.1 cm³/mol. The minimum absolute atomic E-state index is 0.310. The van der Waals surface area contributed by atoms with Crippen LogP contribution in [-0.2, 0) is 0 Å². The lowest BCUT2D eigenvalue weighted by Crippen LogP contribution is -2.54. The third kappa shape index (κ3) is 4.24. The van der Waals surface area contributed by atoms with Gasteiger partial charge in [-0.05, 0) is 31.8 Å². The van der Waals surface area contributed by atoms with Gasteiger partial charge in [-0.3, -0.25) is 4.90 Å². The summed E-state index contributed by atoms with van der Waals surface area (Å²) in [5.41, 5.74) is 0.617. The van der Waals surface area contributed by atoms with Crippen molar-refractivity contribution in [2.24, 2.45) is 0 Å². The molecule has 2 rings (SSSR count). The van der Waals surface area contributed by atoms with Crippen molar-refractivity contribution in [2.45, 2.75) is 12.1 Å². The molecule has 1 aliphatic rings. The van der Waals surface area contributed by atoms with Gasteiger partial charge in [-0.1, -0.05) is 12.1 Å². The Hall–Kier alpha value is -1.01.